The molecule has 5 nitrogen and oxygen atoms in total. The highest BCUT2D eigenvalue weighted by molar-refractivity contribution is 7.99. The molecule has 2 aromatic rings. The fourth-order valence-corrected chi connectivity index (χ4v) is 2.74. The lowest BCUT2D eigenvalue weighted by Gasteiger charge is -2.18. The smallest absolute Gasteiger partial charge is 0.313 e. The molecule has 0 aromatic carbocycles. The van der Waals surface area contributed by atoms with Crippen molar-refractivity contribution in [3.05, 3.63) is 42.0 Å². The molecule has 0 saturated heterocycles. The Labute approximate surface area is 115 Å². The number of imidazole rings is 1. The van der Waals surface area contributed by atoms with E-state index in [1.54, 1.807) is 18.6 Å². The molecule has 1 unspecified atom stereocenters. The second kappa shape index (κ2) is 5.88. The number of pyridine rings is 1. The number of carboxylic acid groups (broad SMARTS) is 1. The third kappa shape index (κ3) is 3.14. The van der Waals surface area contributed by atoms with Gasteiger partial charge in [-0.3, -0.25) is 9.78 Å². The standard InChI is InChI=1S/C13H15N3O2S/c1-9-7-15-13(19-8-12(17)18)16(9)10(2)11-3-5-14-6-4-11/h3-7,10H,8H2,1-2H3,(H,17,18). The number of aromatic nitrogens is 3. The first kappa shape index (κ1) is 13.6. The Balaban J connectivity index is 2.28. The summed E-state index contributed by atoms with van der Waals surface area (Å²) in [5.41, 5.74) is 2.13. The zero-order chi connectivity index (χ0) is 13.8. The topological polar surface area (TPSA) is 68.0 Å². The second-order valence-corrected chi connectivity index (χ2v) is 5.13. The fraction of sp³-hybridized carbons (Fsp3) is 0.308. The largest absolute Gasteiger partial charge is 0.481 e. The zero-order valence-electron chi connectivity index (χ0n) is 10.8. The van der Waals surface area contributed by atoms with E-state index in [1.807, 2.05) is 23.6 Å². The van der Waals surface area contributed by atoms with Crippen molar-refractivity contribution in [3.8, 4) is 0 Å². The van der Waals surface area contributed by atoms with Crippen LogP contribution in [0.5, 0.6) is 0 Å². The Bertz CT molecular complexity index is 569. The molecule has 0 amide bonds. The van der Waals surface area contributed by atoms with Crippen LogP contribution in [0.15, 0.2) is 35.9 Å². The first-order chi connectivity index (χ1) is 9.09. The summed E-state index contributed by atoms with van der Waals surface area (Å²) in [5.74, 6) is -0.826. The molecule has 0 spiro atoms. The van der Waals surface area contributed by atoms with Gasteiger partial charge in [0.25, 0.3) is 0 Å². The number of carbonyl (C=O) groups is 1. The second-order valence-electron chi connectivity index (χ2n) is 4.19. The Kier molecular flexibility index (Phi) is 4.21. The maximum atomic E-state index is 10.7. The van der Waals surface area contributed by atoms with E-state index in [1.165, 1.54) is 11.8 Å². The average Bonchev–Trinajstić information content (AvgIpc) is 2.78. The van der Waals surface area contributed by atoms with Gasteiger partial charge in [0, 0.05) is 24.3 Å². The molecular weight excluding hydrogens is 262 g/mol. The van der Waals surface area contributed by atoms with Crippen LogP contribution in [0.25, 0.3) is 0 Å². The molecule has 0 aliphatic rings. The predicted molar refractivity (Wildman–Crippen MR) is 73.4 cm³/mol. The minimum Gasteiger partial charge on any atom is -0.481 e. The van der Waals surface area contributed by atoms with Gasteiger partial charge in [0.15, 0.2) is 5.16 Å². The summed E-state index contributed by atoms with van der Waals surface area (Å²) in [4.78, 5) is 19.0. The predicted octanol–water partition coefficient (Wildman–Crippen LogP) is 2.37. The highest BCUT2D eigenvalue weighted by Gasteiger charge is 2.16. The number of aryl methyl sites for hydroxylation is 1. The summed E-state index contributed by atoms with van der Waals surface area (Å²) in [6.07, 6.45) is 5.27. The molecule has 0 saturated carbocycles. The van der Waals surface area contributed by atoms with Crippen molar-refractivity contribution in [3.63, 3.8) is 0 Å². The molecular formula is C13H15N3O2S. The maximum Gasteiger partial charge on any atom is 0.313 e. The number of aliphatic carboxylic acids is 1. The lowest BCUT2D eigenvalue weighted by atomic mass is 10.1. The SMILES string of the molecule is Cc1cnc(SCC(=O)O)n1C(C)c1ccncc1. The lowest BCUT2D eigenvalue weighted by Crippen LogP contribution is -2.11. The molecule has 2 heterocycles. The van der Waals surface area contributed by atoms with Gasteiger partial charge in [0.05, 0.1) is 11.8 Å². The van der Waals surface area contributed by atoms with Gasteiger partial charge < -0.3 is 9.67 Å². The van der Waals surface area contributed by atoms with Crippen molar-refractivity contribution < 1.29 is 9.90 Å². The van der Waals surface area contributed by atoms with Crippen molar-refractivity contribution in [2.45, 2.75) is 25.0 Å². The van der Waals surface area contributed by atoms with Crippen molar-refractivity contribution in [1.29, 1.82) is 0 Å². The van der Waals surface area contributed by atoms with Gasteiger partial charge in [-0.15, -0.1) is 0 Å². The Morgan fingerprint density at radius 1 is 1.47 bits per heavy atom. The lowest BCUT2D eigenvalue weighted by molar-refractivity contribution is -0.133. The summed E-state index contributed by atoms with van der Waals surface area (Å²) in [5, 5.41) is 9.49. The Morgan fingerprint density at radius 2 is 2.16 bits per heavy atom. The van der Waals surface area contributed by atoms with Crippen molar-refractivity contribution >= 4 is 17.7 Å². The van der Waals surface area contributed by atoms with Gasteiger partial charge >= 0.3 is 5.97 Å². The van der Waals surface area contributed by atoms with Crippen LogP contribution in [-0.4, -0.2) is 31.4 Å². The molecule has 1 N–H and O–H groups in total. The maximum absolute atomic E-state index is 10.7. The van der Waals surface area contributed by atoms with Gasteiger partial charge in [-0.05, 0) is 31.5 Å². The van der Waals surface area contributed by atoms with Crippen LogP contribution in [0.2, 0.25) is 0 Å². The molecule has 0 fully saturated rings. The fourth-order valence-electron chi connectivity index (χ4n) is 1.92. The van der Waals surface area contributed by atoms with Crippen LogP contribution in [0.4, 0.5) is 0 Å². The van der Waals surface area contributed by atoms with E-state index in [0.29, 0.717) is 0 Å². The third-order valence-corrected chi connectivity index (χ3v) is 3.80. The molecule has 2 rings (SSSR count). The van der Waals surface area contributed by atoms with Gasteiger partial charge in [-0.2, -0.15) is 0 Å². The quantitative estimate of drug-likeness (QED) is 0.850. The number of hydrogen-bond acceptors (Lipinski definition) is 4. The normalized spacial score (nSPS) is 12.3. The number of hydrogen-bond donors (Lipinski definition) is 1. The van der Waals surface area contributed by atoms with Crippen LogP contribution >= 0.6 is 11.8 Å². The van der Waals surface area contributed by atoms with E-state index >= 15 is 0 Å². The van der Waals surface area contributed by atoms with Crippen molar-refractivity contribution in [1.82, 2.24) is 14.5 Å². The highest BCUT2D eigenvalue weighted by Crippen LogP contribution is 2.26. The monoisotopic (exact) mass is 277 g/mol. The number of carboxylic acids is 1. The van der Waals surface area contributed by atoms with Crippen LogP contribution in [-0.2, 0) is 4.79 Å². The summed E-state index contributed by atoms with van der Waals surface area (Å²) in [6, 6.07) is 4.01. The number of nitrogens with zero attached hydrogens (tertiary/aromatic N) is 3. The minimum absolute atomic E-state index is 0.0134. The van der Waals surface area contributed by atoms with Gasteiger partial charge in [-0.1, -0.05) is 11.8 Å². The van der Waals surface area contributed by atoms with Crippen molar-refractivity contribution in [2.75, 3.05) is 5.75 Å². The van der Waals surface area contributed by atoms with E-state index < -0.39 is 5.97 Å². The molecule has 19 heavy (non-hydrogen) atoms. The van der Waals surface area contributed by atoms with Crippen LogP contribution in [0, 0.1) is 6.92 Å². The number of rotatable bonds is 5. The molecule has 100 valence electrons. The van der Waals surface area contributed by atoms with Gasteiger partial charge in [-0.25, -0.2) is 4.98 Å². The first-order valence-corrected chi connectivity index (χ1v) is 6.86. The molecule has 6 heteroatoms. The summed E-state index contributed by atoms with van der Waals surface area (Å²) >= 11 is 1.24. The highest BCUT2D eigenvalue weighted by atomic mass is 32.2. The van der Waals surface area contributed by atoms with E-state index in [9.17, 15) is 4.79 Å². The van der Waals surface area contributed by atoms with Gasteiger partial charge in [0.1, 0.15) is 0 Å². The van der Waals surface area contributed by atoms with E-state index in [-0.39, 0.29) is 11.8 Å². The van der Waals surface area contributed by atoms with Crippen LogP contribution in [0.1, 0.15) is 24.2 Å². The van der Waals surface area contributed by atoms with E-state index in [0.717, 1.165) is 16.4 Å². The molecule has 0 aliphatic heterocycles. The van der Waals surface area contributed by atoms with Crippen LogP contribution < -0.4 is 0 Å². The summed E-state index contributed by atoms with van der Waals surface area (Å²) in [7, 11) is 0. The van der Waals surface area contributed by atoms with E-state index in [2.05, 4.69) is 16.9 Å². The Hall–Kier alpha value is -1.82. The average molecular weight is 277 g/mol. The molecule has 0 aliphatic carbocycles. The number of thioether (sulfide) groups is 1. The van der Waals surface area contributed by atoms with Crippen LogP contribution in [0.3, 0.4) is 0 Å². The Morgan fingerprint density at radius 3 is 2.79 bits per heavy atom. The zero-order valence-corrected chi connectivity index (χ0v) is 11.6. The summed E-state index contributed by atoms with van der Waals surface area (Å²) in [6.45, 7) is 4.03. The molecule has 0 radical (unpaired) electrons. The molecule has 2 aromatic heterocycles. The molecule has 1 atom stereocenters. The third-order valence-electron chi connectivity index (χ3n) is 2.85. The molecule has 0 bridgehead atoms. The minimum atomic E-state index is -0.839. The van der Waals surface area contributed by atoms with Crippen molar-refractivity contribution in [2.24, 2.45) is 0 Å². The van der Waals surface area contributed by atoms with Gasteiger partial charge in [0.2, 0.25) is 0 Å². The summed E-state index contributed by atoms with van der Waals surface area (Å²) < 4.78 is 2.04. The van der Waals surface area contributed by atoms with E-state index in [4.69, 9.17) is 5.11 Å². The first-order valence-electron chi connectivity index (χ1n) is 5.88.